The van der Waals surface area contributed by atoms with Crippen LogP contribution in [0.2, 0.25) is 0 Å². The van der Waals surface area contributed by atoms with Crippen LogP contribution in [-0.4, -0.2) is 55.2 Å². The van der Waals surface area contributed by atoms with Gasteiger partial charge in [-0.2, -0.15) is 0 Å². The predicted molar refractivity (Wildman–Crippen MR) is 74.1 cm³/mol. The van der Waals surface area contributed by atoms with Crippen molar-refractivity contribution in [2.45, 2.75) is 44.5 Å². The van der Waals surface area contributed by atoms with Crippen molar-refractivity contribution in [3.05, 3.63) is 23.7 Å². The average Bonchev–Trinajstić information content (AvgIpc) is 2.95. The van der Waals surface area contributed by atoms with Crippen LogP contribution in [0.4, 0.5) is 0 Å². The summed E-state index contributed by atoms with van der Waals surface area (Å²) in [5.74, 6) is 2.07. The van der Waals surface area contributed by atoms with Gasteiger partial charge in [-0.15, -0.1) is 0 Å². The van der Waals surface area contributed by atoms with Gasteiger partial charge in [-0.25, -0.2) is 0 Å². The summed E-state index contributed by atoms with van der Waals surface area (Å²) < 4.78 is 11.8. The van der Waals surface area contributed by atoms with Crippen LogP contribution in [-0.2, 0) is 11.3 Å². The maximum atomic E-state index is 6.04. The zero-order chi connectivity index (χ0) is 13.4. The number of fused-ring (bicyclic) bond motifs is 1. The molecule has 0 bridgehead atoms. The Bertz CT molecular complexity index is 430. The Hall–Kier alpha value is -0.840. The molecule has 2 saturated heterocycles. The molecule has 0 aliphatic carbocycles. The van der Waals surface area contributed by atoms with E-state index in [4.69, 9.17) is 9.15 Å². The lowest BCUT2D eigenvalue weighted by molar-refractivity contribution is -0.0349. The molecule has 3 atom stereocenters. The summed E-state index contributed by atoms with van der Waals surface area (Å²) >= 11 is 0. The zero-order valence-electron chi connectivity index (χ0n) is 12.1. The van der Waals surface area contributed by atoms with Crippen molar-refractivity contribution >= 4 is 0 Å². The second-order valence-corrected chi connectivity index (χ2v) is 6.02. The molecule has 4 nitrogen and oxygen atoms in total. The lowest BCUT2D eigenvalue weighted by atomic mass is 10.0. The minimum absolute atomic E-state index is 0.361. The Balaban J connectivity index is 1.74. The first-order chi connectivity index (χ1) is 9.15. The molecule has 0 unspecified atom stereocenters. The van der Waals surface area contributed by atoms with Gasteiger partial charge in [0.1, 0.15) is 11.5 Å². The van der Waals surface area contributed by atoms with Crippen molar-refractivity contribution in [2.24, 2.45) is 0 Å². The lowest BCUT2D eigenvalue weighted by Gasteiger charge is -2.33. The fourth-order valence-corrected chi connectivity index (χ4v) is 3.43. The Kier molecular flexibility index (Phi) is 3.65. The van der Waals surface area contributed by atoms with Crippen LogP contribution in [0, 0.1) is 6.92 Å². The molecule has 0 radical (unpaired) electrons. The van der Waals surface area contributed by atoms with E-state index in [0.29, 0.717) is 18.2 Å². The average molecular weight is 264 g/mol. The molecule has 3 heterocycles. The molecule has 0 spiro atoms. The van der Waals surface area contributed by atoms with E-state index in [1.54, 1.807) is 0 Å². The number of furan rings is 1. The summed E-state index contributed by atoms with van der Waals surface area (Å²) in [5.41, 5.74) is 0. The molecule has 2 fully saturated rings. The molecular formula is C15H24N2O2. The van der Waals surface area contributed by atoms with Crippen LogP contribution in [0.25, 0.3) is 0 Å². The summed E-state index contributed by atoms with van der Waals surface area (Å²) in [6.45, 7) is 4.90. The van der Waals surface area contributed by atoms with E-state index in [1.807, 2.05) is 13.0 Å². The van der Waals surface area contributed by atoms with Crippen molar-refractivity contribution in [1.29, 1.82) is 0 Å². The second-order valence-electron chi connectivity index (χ2n) is 6.02. The number of rotatable bonds is 3. The Morgan fingerprint density at radius 1 is 1.37 bits per heavy atom. The van der Waals surface area contributed by atoms with Gasteiger partial charge in [-0.3, -0.25) is 4.90 Å². The maximum Gasteiger partial charge on any atom is 0.118 e. The van der Waals surface area contributed by atoms with Gasteiger partial charge in [-0.1, -0.05) is 0 Å². The van der Waals surface area contributed by atoms with Gasteiger partial charge in [0.25, 0.3) is 0 Å². The lowest BCUT2D eigenvalue weighted by Crippen LogP contribution is -2.45. The van der Waals surface area contributed by atoms with Crippen molar-refractivity contribution < 1.29 is 9.15 Å². The smallest absolute Gasteiger partial charge is 0.118 e. The highest BCUT2D eigenvalue weighted by Gasteiger charge is 2.44. The van der Waals surface area contributed by atoms with Crippen LogP contribution in [0.1, 0.15) is 24.4 Å². The van der Waals surface area contributed by atoms with Crippen LogP contribution in [0.5, 0.6) is 0 Å². The first-order valence-corrected chi connectivity index (χ1v) is 7.22. The van der Waals surface area contributed by atoms with Crippen LogP contribution in [0.3, 0.4) is 0 Å². The van der Waals surface area contributed by atoms with Crippen molar-refractivity contribution in [3.63, 3.8) is 0 Å². The van der Waals surface area contributed by atoms with Crippen molar-refractivity contribution in [3.8, 4) is 0 Å². The molecule has 1 aromatic heterocycles. The Morgan fingerprint density at radius 3 is 2.89 bits per heavy atom. The van der Waals surface area contributed by atoms with Crippen molar-refractivity contribution in [2.75, 3.05) is 27.2 Å². The molecule has 0 amide bonds. The van der Waals surface area contributed by atoms with Gasteiger partial charge < -0.3 is 14.1 Å². The highest BCUT2D eigenvalue weighted by Crippen LogP contribution is 2.32. The summed E-state index contributed by atoms with van der Waals surface area (Å²) in [5, 5.41) is 0. The normalized spacial score (nSPS) is 31.9. The second kappa shape index (κ2) is 5.27. The molecule has 1 aromatic rings. The third-order valence-corrected chi connectivity index (χ3v) is 4.42. The number of hydrogen-bond donors (Lipinski definition) is 0. The van der Waals surface area contributed by atoms with Gasteiger partial charge in [0.05, 0.1) is 12.6 Å². The fourth-order valence-electron chi connectivity index (χ4n) is 3.43. The Labute approximate surface area is 115 Å². The molecule has 0 aromatic carbocycles. The molecule has 2 aliphatic rings. The topological polar surface area (TPSA) is 28.9 Å². The van der Waals surface area contributed by atoms with Crippen molar-refractivity contribution in [1.82, 2.24) is 9.80 Å². The van der Waals surface area contributed by atoms with Gasteiger partial charge in [0.15, 0.2) is 0 Å². The number of likely N-dealkylation sites (N-methyl/N-ethyl adjacent to an activating group) is 1. The van der Waals surface area contributed by atoms with E-state index in [-0.39, 0.29) is 0 Å². The van der Waals surface area contributed by atoms with E-state index in [2.05, 4.69) is 30.0 Å². The highest BCUT2D eigenvalue weighted by atomic mass is 16.5. The van der Waals surface area contributed by atoms with Gasteiger partial charge in [-0.05, 0) is 46.0 Å². The van der Waals surface area contributed by atoms with E-state index in [9.17, 15) is 0 Å². The maximum absolute atomic E-state index is 6.04. The van der Waals surface area contributed by atoms with Gasteiger partial charge in [0, 0.05) is 25.2 Å². The predicted octanol–water partition coefficient (Wildman–Crippen LogP) is 1.88. The fraction of sp³-hybridized carbons (Fsp3) is 0.733. The van der Waals surface area contributed by atoms with Crippen LogP contribution >= 0.6 is 0 Å². The number of nitrogens with zero attached hydrogens (tertiary/aromatic N) is 2. The largest absolute Gasteiger partial charge is 0.465 e. The zero-order valence-corrected chi connectivity index (χ0v) is 12.1. The molecule has 19 heavy (non-hydrogen) atoms. The number of ether oxygens (including phenoxy) is 1. The molecule has 106 valence electrons. The Morgan fingerprint density at radius 2 is 2.21 bits per heavy atom. The van der Waals surface area contributed by atoms with Gasteiger partial charge >= 0.3 is 0 Å². The summed E-state index contributed by atoms with van der Waals surface area (Å²) in [7, 11) is 4.31. The molecule has 2 aliphatic heterocycles. The molecule has 0 N–H and O–H groups in total. The monoisotopic (exact) mass is 264 g/mol. The van der Waals surface area contributed by atoms with E-state index < -0.39 is 0 Å². The quantitative estimate of drug-likeness (QED) is 0.833. The number of likely N-dealkylation sites (tertiary alicyclic amines) is 1. The highest BCUT2D eigenvalue weighted by molar-refractivity contribution is 5.08. The third-order valence-electron chi connectivity index (χ3n) is 4.42. The molecule has 0 saturated carbocycles. The third kappa shape index (κ3) is 2.57. The van der Waals surface area contributed by atoms with Crippen LogP contribution in [0.15, 0.2) is 16.5 Å². The van der Waals surface area contributed by atoms with E-state index in [0.717, 1.165) is 31.2 Å². The summed E-state index contributed by atoms with van der Waals surface area (Å²) in [4.78, 5) is 4.84. The van der Waals surface area contributed by atoms with Gasteiger partial charge in [0.2, 0.25) is 0 Å². The minimum Gasteiger partial charge on any atom is -0.465 e. The first-order valence-electron chi connectivity index (χ1n) is 7.22. The number of aryl methyl sites for hydroxylation is 1. The minimum atomic E-state index is 0.361. The SMILES string of the molecule is Cc1ccc(CN2C[C@@H](N(C)C)[C@H]3OCCC[C@H]32)o1. The molecule has 4 heteroatoms. The number of hydrogen-bond acceptors (Lipinski definition) is 4. The molecule has 3 rings (SSSR count). The van der Waals surface area contributed by atoms with E-state index >= 15 is 0 Å². The first kappa shape index (κ1) is 13.2. The van der Waals surface area contributed by atoms with Crippen LogP contribution < -0.4 is 0 Å². The summed E-state index contributed by atoms with van der Waals surface area (Å²) in [6, 6.07) is 5.19. The standard InChI is InChI=1S/C15H24N2O2/c1-11-6-7-12(19-11)9-17-10-14(16(2)3)15-13(17)5-4-8-18-15/h6-7,13-15H,4-5,8-10H2,1-3H3/t13-,14-,15+/m1/s1. The van der Waals surface area contributed by atoms with E-state index in [1.165, 1.54) is 12.8 Å². The molecular weight excluding hydrogens is 240 g/mol. The summed E-state index contributed by atoms with van der Waals surface area (Å²) in [6.07, 6.45) is 2.78.